The van der Waals surface area contributed by atoms with E-state index in [1.54, 1.807) is 0 Å². The van der Waals surface area contributed by atoms with Crippen LogP contribution in [0.5, 0.6) is 0 Å². The Balaban J connectivity index is 3.20. The van der Waals surface area contributed by atoms with Gasteiger partial charge in [-0.1, -0.05) is 15.9 Å². The minimum absolute atomic E-state index is 0.0451. The minimum atomic E-state index is -5.02. The minimum Gasteiger partial charge on any atom is -0.382 e. The highest BCUT2D eigenvalue weighted by Crippen LogP contribution is 2.36. The summed E-state index contributed by atoms with van der Waals surface area (Å²) in [6.07, 6.45) is -12.7. The molecule has 0 bridgehead atoms. The Morgan fingerprint density at radius 1 is 1.11 bits per heavy atom. The average molecular weight is 352 g/mol. The van der Waals surface area contributed by atoms with Crippen LogP contribution in [0.1, 0.15) is 17.2 Å². The predicted octanol–water partition coefficient (Wildman–Crippen LogP) is 3.39. The van der Waals surface area contributed by atoms with Crippen molar-refractivity contribution in [3.8, 4) is 0 Å². The van der Waals surface area contributed by atoms with Gasteiger partial charge in [-0.25, -0.2) is 0 Å². The molecular weight excluding hydrogens is 344 g/mol. The number of alkyl halides is 6. The molecule has 0 radical (unpaired) electrons. The SMILES string of the molecule is N[C@H](c1cc(C(F)(F)F)ccc1Br)[C@@H](O)C(F)(F)F. The highest BCUT2D eigenvalue weighted by atomic mass is 79.9. The molecule has 2 atom stereocenters. The Morgan fingerprint density at radius 2 is 1.63 bits per heavy atom. The van der Waals surface area contributed by atoms with Crippen LogP contribution in [0.4, 0.5) is 26.3 Å². The van der Waals surface area contributed by atoms with Gasteiger partial charge in [0.25, 0.3) is 0 Å². The fourth-order valence-electron chi connectivity index (χ4n) is 1.35. The van der Waals surface area contributed by atoms with E-state index in [0.717, 1.165) is 6.07 Å². The first-order valence-corrected chi connectivity index (χ1v) is 5.61. The van der Waals surface area contributed by atoms with Crippen molar-refractivity contribution in [2.75, 3.05) is 0 Å². The van der Waals surface area contributed by atoms with E-state index >= 15 is 0 Å². The zero-order chi connectivity index (χ0) is 15.0. The average Bonchev–Trinajstić information content (AvgIpc) is 2.25. The number of hydrogen-bond donors (Lipinski definition) is 2. The van der Waals surface area contributed by atoms with Crippen molar-refractivity contribution in [1.29, 1.82) is 0 Å². The van der Waals surface area contributed by atoms with Crippen LogP contribution in [0.15, 0.2) is 22.7 Å². The van der Waals surface area contributed by atoms with Crippen LogP contribution < -0.4 is 5.73 Å². The van der Waals surface area contributed by atoms with Crippen molar-refractivity contribution < 1.29 is 31.4 Å². The van der Waals surface area contributed by atoms with Gasteiger partial charge in [-0.2, -0.15) is 26.3 Å². The third-order valence-corrected chi connectivity index (χ3v) is 3.08. The van der Waals surface area contributed by atoms with E-state index < -0.39 is 35.6 Å². The number of nitrogens with two attached hydrogens (primary N) is 1. The smallest absolute Gasteiger partial charge is 0.382 e. The predicted molar refractivity (Wildman–Crippen MR) is 58.1 cm³/mol. The third kappa shape index (κ3) is 3.83. The molecule has 0 unspecified atom stereocenters. The van der Waals surface area contributed by atoms with Crippen LogP contribution in [-0.2, 0) is 6.18 Å². The summed E-state index contributed by atoms with van der Waals surface area (Å²) in [6.45, 7) is 0. The Hall–Kier alpha value is -0.800. The maximum absolute atomic E-state index is 12.5. The van der Waals surface area contributed by atoms with Crippen molar-refractivity contribution in [2.24, 2.45) is 5.73 Å². The quantitative estimate of drug-likeness (QED) is 0.802. The van der Waals surface area contributed by atoms with E-state index in [1.807, 2.05) is 0 Å². The van der Waals surface area contributed by atoms with Gasteiger partial charge in [0, 0.05) is 4.47 Å². The van der Waals surface area contributed by atoms with Crippen molar-refractivity contribution >= 4 is 15.9 Å². The lowest BCUT2D eigenvalue weighted by Crippen LogP contribution is -2.39. The number of halogens is 7. The maximum Gasteiger partial charge on any atom is 0.416 e. The van der Waals surface area contributed by atoms with Gasteiger partial charge < -0.3 is 10.8 Å². The third-order valence-electron chi connectivity index (χ3n) is 2.36. The summed E-state index contributed by atoms with van der Waals surface area (Å²) in [5.41, 5.74) is 3.55. The van der Waals surface area contributed by atoms with Crippen molar-refractivity contribution in [2.45, 2.75) is 24.5 Å². The molecule has 0 fully saturated rings. The molecule has 0 aliphatic heterocycles. The number of aliphatic hydroxyl groups is 1. The first kappa shape index (κ1) is 16.3. The van der Waals surface area contributed by atoms with Crippen LogP contribution in [0, 0.1) is 0 Å². The topological polar surface area (TPSA) is 46.2 Å². The van der Waals surface area contributed by atoms with Gasteiger partial charge in [0.05, 0.1) is 11.6 Å². The first-order chi connectivity index (χ1) is 8.44. The molecule has 9 heteroatoms. The molecule has 0 saturated carbocycles. The highest BCUT2D eigenvalue weighted by Gasteiger charge is 2.43. The summed E-state index contributed by atoms with van der Waals surface area (Å²) in [6, 6.07) is 0.0853. The molecule has 0 aliphatic rings. The second-order valence-corrected chi connectivity index (χ2v) is 4.60. The summed E-state index contributed by atoms with van der Waals surface area (Å²) < 4.78 is 74.2. The largest absolute Gasteiger partial charge is 0.416 e. The second-order valence-electron chi connectivity index (χ2n) is 3.75. The molecular formula is C10H8BrF6NO. The summed E-state index contributed by atoms with van der Waals surface area (Å²) in [7, 11) is 0. The van der Waals surface area contributed by atoms with Gasteiger partial charge in [-0.15, -0.1) is 0 Å². The standard InChI is InChI=1S/C10H8BrF6NO/c11-6-2-1-4(9(12,13)14)3-5(6)7(18)8(19)10(15,16)17/h1-3,7-8,19H,18H2/t7-,8-/m1/s1. The fourth-order valence-corrected chi connectivity index (χ4v) is 1.86. The molecule has 0 aromatic heterocycles. The molecule has 108 valence electrons. The molecule has 0 spiro atoms. The molecule has 0 aliphatic carbocycles. The van der Waals surface area contributed by atoms with Gasteiger partial charge in [0.1, 0.15) is 0 Å². The molecule has 1 aromatic carbocycles. The van der Waals surface area contributed by atoms with Gasteiger partial charge in [-0.3, -0.25) is 0 Å². The Kier molecular flexibility index (Phi) is 4.53. The molecule has 1 aromatic rings. The van der Waals surface area contributed by atoms with Crippen LogP contribution >= 0.6 is 15.9 Å². The lowest BCUT2D eigenvalue weighted by molar-refractivity contribution is -0.210. The van der Waals surface area contributed by atoms with Crippen molar-refractivity contribution in [3.05, 3.63) is 33.8 Å². The van der Waals surface area contributed by atoms with Gasteiger partial charge in [0.2, 0.25) is 0 Å². The molecule has 0 saturated heterocycles. The number of hydrogen-bond acceptors (Lipinski definition) is 2. The van der Waals surface area contributed by atoms with Gasteiger partial charge >= 0.3 is 12.4 Å². The zero-order valence-corrected chi connectivity index (χ0v) is 10.6. The lowest BCUT2D eigenvalue weighted by atomic mass is 9.99. The number of aliphatic hydroxyl groups excluding tert-OH is 1. The van der Waals surface area contributed by atoms with Crippen LogP contribution in [0.25, 0.3) is 0 Å². The monoisotopic (exact) mass is 351 g/mol. The molecule has 2 nitrogen and oxygen atoms in total. The maximum atomic E-state index is 12.5. The van der Waals surface area contributed by atoms with E-state index in [9.17, 15) is 26.3 Å². The van der Waals surface area contributed by atoms with Crippen LogP contribution in [0.3, 0.4) is 0 Å². The number of rotatable bonds is 2. The Morgan fingerprint density at radius 3 is 2.05 bits per heavy atom. The summed E-state index contributed by atoms with van der Waals surface area (Å²) in [4.78, 5) is 0. The van der Waals surface area contributed by atoms with E-state index in [2.05, 4.69) is 15.9 Å². The van der Waals surface area contributed by atoms with Crippen LogP contribution in [0.2, 0.25) is 0 Å². The van der Waals surface area contributed by atoms with Crippen molar-refractivity contribution in [1.82, 2.24) is 0 Å². The molecule has 1 rings (SSSR count). The van der Waals surface area contributed by atoms with Gasteiger partial charge in [-0.05, 0) is 23.8 Å². The molecule has 0 heterocycles. The van der Waals surface area contributed by atoms with E-state index in [-0.39, 0.29) is 4.47 Å². The molecule has 0 amide bonds. The van der Waals surface area contributed by atoms with Crippen molar-refractivity contribution in [3.63, 3.8) is 0 Å². The van der Waals surface area contributed by atoms with Crippen LogP contribution in [-0.4, -0.2) is 17.4 Å². The summed E-state index contributed by atoms with van der Waals surface area (Å²) >= 11 is 2.81. The second kappa shape index (κ2) is 5.29. The Labute approximate surface area is 112 Å². The fraction of sp³-hybridized carbons (Fsp3) is 0.400. The summed E-state index contributed by atoms with van der Waals surface area (Å²) in [5.74, 6) is 0. The first-order valence-electron chi connectivity index (χ1n) is 4.81. The van der Waals surface area contributed by atoms with Gasteiger partial charge in [0.15, 0.2) is 6.10 Å². The van der Waals surface area contributed by atoms with E-state index in [4.69, 9.17) is 10.8 Å². The van der Waals surface area contributed by atoms with E-state index in [1.165, 1.54) is 0 Å². The summed E-state index contributed by atoms with van der Waals surface area (Å²) in [5, 5.41) is 8.97. The number of benzene rings is 1. The molecule has 3 N–H and O–H groups in total. The Bertz CT molecular complexity index is 458. The van der Waals surface area contributed by atoms with E-state index in [0.29, 0.717) is 12.1 Å². The zero-order valence-electron chi connectivity index (χ0n) is 9.06. The normalized spacial score (nSPS) is 16.3. The highest BCUT2D eigenvalue weighted by molar-refractivity contribution is 9.10. The lowest BCUT2D eigenvalue weighted by Gasteiger charge is -2.23. The molecule has 19 heavy (non-hydrogen) atoms.